The van der Waals surface area contributed by atoms with Crippen LogP contribution in [0.15, 0.2) is 18.2 Å². The highest BCUT2D eigenvalue weighted by Crippen LogP contribution is 2.23. The topological polar surface area (TPSA) is 84.7 Å². The molecule has 1 aliphatic heterocycles. The van der Waals surface area contributed by atoms with Gasteiger partial charge in [-0.2, -0.15) is 5.10 Å². The summed E-state index contributed by atoms with van der Waals surface area (Å²) in [6, 6.07) is 4.38. The number of carbonyl (C=O) groups excluding carboxylic acids is 3. The Bertz CT molecular complexity index is 999. The molecule has 2 heterocycles. The van der Waals surface area contributed by atoms with Gasteiger partial charge in [-0.1, -0.05) is 11.6 Å². The predicted octanol–water partition coefficient (Wildman–Crippen LogP) is 2.23. The Hall–Kier alpha value is -2.94. The van der Waals surface area contributed by atoms with Crippen molar-refractivity contribution in [1.29, 1.82) is 0 Å². The minimum Gasteiger partial charge on any atom is -0.452 e. The van der Waals surface area contributed by atoms with Crippen LogP contribution < -0.4 is 4.90 Å². The highest BCUT2D eigenvalue weighted by molar-refractivity contribution is 6.32. The Morgan fingerprint density at radius 2 is 1.87 bits per heavy atom. The second-order valence-electron chi connectivity index (χ2n) is 7.04. The molecule has 0 unspecified atom stereocenters. The summed E-state index contributed by atoms with van der Waals surface area (Å²) in [5.74, 6) is -1.72. The third-order valence-corrected chi connectivity index (χ3v) is 5.44. The van der Waals surface area contributed by atoms with Gasteiger partial charge in [0.2, 0.25) is 0 Å². The van der Waals surface area contributed by atoms with Crippen LogP contribution in [0, 0.1) is 12.7 Å². The molecule has 0 spiro atoms. The molecule has 2 aromatic rings. The molecule has 0 N–H and O–H groups in total. The maximum atomic E-state index is 14.3. The van der Waals surface area contributed by atoms with Gasteiger partial charge in [-0.3, -0.25) is 14.3 Å². The highest BCUT2D eigenvalue weighted by atomic mass is 35.5. The Morgan fingerprint density at radius 1 is 1.20 bits per heavy atom. The average molecular weight is 437 g/mol. The number of ether oxygens (including phenoxy) is 1. The third kappa shape index (κ3) is 4.46. The number of carbonyl (C=O) groups is 3. The number of esters is 1. The lowest BCUT2D eigenvalue weighted by Crippen LogP contribution is -2.50. The number of nitrogens with zero attached hydrogens (tertiary/aromatic N) is 4. The van der Waals surface area contributed by atoms with Crippen LogP contribution in [0.1, 0.15) is 33.3 Å². The molecule has 1 aromatic heterocycles. The lowest BCUT2D eigenvalue weighted by atomic mass is 10.1. The molecule has 160 valence electrons. The molecule has 8 nitrogen and oxygen atoms in total. The van der Waals surface area contributed by atoms with E-state index in [2.05, 4.69) is 5.10 Å². The van der Waals surface area contributed by atoms with E-state index in [1.54, 1.807) is 31.0 Å². The van der Waals surface area contributed by atoms with Crippen molar-refractivity contribution in [3.63, 3.8) is 0 Å². The van der Waals surface area contributed by atoms with Crippen molar-refractivity contribution in [2.45, 2.75) is 13.8 Å². The third-order valence-electron chi connectivity index (χ3n) is 5.01. The maximum absolute atomic E-state index is 14.3. The van der Waals surface area contributed by atoms with Crippen molar-refractivity contribution in [3.8, 4) is 0 Å². The van der Waals surface area contributed by atoms with Gasteiger partial charge >= 0.3 is 5.97 Å². The van der Waals surface area contributed by atoms with E-state index >= 15 is 0 Å². The fourth-order valence-corrected chi connectivity index (χ4v) is 3.58. The maximum Gasteiger partial charge on any atom is 0.343 e. The lowest BCUT2D eigenvalue weighted by molar-refractivity contribution is -0.134. The van der Waals surface area contributed by atoms with Crippen molar-refractivity contribution >= 4 is 34.9 Å². The van der Waals surface area contributed by atoms with Gasteiger partial charge in [-0.15, -0.1) is 0 Å². The van der Waals surface area contributed by atoms with Gasteiger partial charge in [-0.05, 0) is 32.0 Å². The SMILES string of the molecule is CC(=O)c1ccc(N2CCN(C(=O)COC(=O)c3c(C)nn(C)c3Cl)CC2)c(F)c1. The number of hydrogen-bond acceptors (Lipinski definition) is 6. The number of ketones is 1. The molecular formula is C20H22ClFN4O4. The molecule has 1 aliphatic rings. The summed E-state index contributed by atoms with van der Waals surface area (Å²) in [6.45, 7) is 4.16. The molecular weight excluding hydrogens is 415 g/mol. The van der Waals surface area contributed by atoms with E-state index in [-0.39, 0.29) is 22.4 Å². The van der Waals surface area contributed by atoms with E-state index < -0.39 is 18.4 Å². The normalized spacial score (nSPS) is 14.0. The molecule has 10 heteroatoms. The van der Waals surface area contributed by atoms with Crippen LogP contribution in [-0.2, 0) is 16.6 Å². The summed E-state index contributed by atoms with van der Waals surface area (Å²) >= 11 is 6.04. The molecule has 30 heavy (non-hydrogen) atoms. The Labute approximate surface area is 178 Å². The number of amides is 1. The van der Waals surface area contributed by atoms with Crippen LogP contribution in [0.5, 0.6) is 0 Å². The summed E-state index contributed by atoms with van der Waals surface area (Å²) in [7, 11) is 1.60. The Morgan fingerprint density at radius 3 is 2.40 bits per heavy atom. The Kier molecular flexibility index (Phi) is 6.40. The highest BCUT2D eigenvalue weighted by Gasteiger charge is 2.26. The number of hydrogen-bond donors (Lipinski definition) is 0. The van der Waals surface area contributed by atoms with Crippen LogP contribution in [-0.4, -0.2) is 65.1 Å². The van der Waals surface area contributed by atoms with Crippen molar-refractivity contribution in [1.82, 2.24) is 14.7 Å². The molecule has 1 saturated heterocycles. The molecule has 1 amide bonds. The first kappa shape index (κ1) is 21.8. The molecule has 0 bridgehead atoms. The van der Waals surface area contributed by atoms with Gasteiger partial charge in [0.15, 0.2) is 12.4 Å². The van der Waals surface area contributed by atoms with Gasteiger partial charge in [0.1, 0.15) is 16.5 Å². The number of anilines is 1. The van der Waals surface area contributed by atoms with Crippen LogP contribution in [0.25, 0.3) is 0 Å². The molecule has 0 aliphatic carbocycles. The minimum absolute atomic E-state index is 0.140. The average Bonchev–Trinajstić information content (AvgIpc) is 2.97. The number of benzene rings is 1. The van der Waals surface area contributed by atoms with Gasteiger partial charge in [0.25, 0.3) is 5.91 Å². The van der Waals surface area contributed by atoms with Gasteiger partial charge < -0.3 is 14.5 Å². The van der Waals surface area contributed by atoms with Crippen LogP contribution >= 0.6 is 11.6 Å². The molecule has 1 aromatic carbocycles. The summed E-state index contributed by atoms with van der Waals surface area (Å²) in [5.41, 5.74) is 1.27. The molecule has 3 rings (SSSR count). The van der Waals surface area contributed by atoms with Crippen molar-refractivity contribution in [2.75, 3.05) is 37.7 Å². The van der Waals surface area contributed by atoms with Gasteiger partial charge in [0, 0.05) is 38.8 Å². The number of piperazine rings is 1. The second kappa shape index (κ2) is 8.83. The number of aryl methyl sites for hydroxylation is 2. The largest absolute Gasteiger partial charge is 0.452 e. The summed E-state index contributed by atoms with van der Waals surface area (Å²) in [4.78, 5) is 39.4. The molecule has 0 saturated carbocycles. The quantitative estimate of drug-likeness (QED) is 0.528. The summed E-state index contributed by atoms with van der Waals surface area (Å²) in [6.07, 6.45) is 0. The van der Waals surface area contributed by atoms with Gasteiger partial charge in [-0.25, -0.2) is 9.18 Å². The first-order valence-electron chi connectivity index (χ1n) is 9.38. The zero-order chi connectivity index (χ0) is 22.0. The first-order chi connectivity index (χ1) is 14.2. The number of rotatable bonds is 5. The number of halogens is 2. The number of aromatic nitrogens is 2. The number of Topliss-reactive ketones (excluding diaryl/α,β-unsaturated/α-hetero) is 1. The smallest absolute Gasteiger partial charge is 0.343 e. The monoisotopic (exact) mass is 436 g/mol. The summed E-state index contributed by atoms with van der Waals surface area (Å²) < 4.78 is 20.8. The second-order valence-corrected chi connectivity index (χ2v) is 7.40. The molecule has 1 fully saturated rings. The lowest BCUT2D eigenvalue weighted by Gasteiger charge is -2.36. The first-order valence-corrected chi connectivity index (χ1v) is 9.76. The van der Waals surface area contributed by atoms with E-state index in [4.69, 9.17) is 16.3 Å². The standard InChI is InChI=1S/C20H22ClFN4O4/c1-12-18(19(21)24(3)23-12)20(29)30-11-17(28)26-8-6-25(7-9-26)16-5-4-14(13(2)27)10-15(16)22/h4-5,10H,6-9,11H2,1-3H3. The van der Waals surface area contributed by atoms with Crippen LogP contribution in [0.3, 0.4) is 0 Å². The fraction of sp³-hybridized carbons (Fsp3) is 0.400. The van der Waals surface area contributed by atoms with E-state index in [0.29, 0.717) is 43.1 Å². The van der Waals surface area contributed by atoms with Crippen molar-refractivity contribution in [3.05, 3.63) is 46.0 Å². The fourth-order valence-electron chi connectivity index (χ4n) is 3.33. The predicted molar refractivity (Wildman–Crippen MR) is 108 cm³/mol. The zero-order valence-electron chi connectivity index (χ0n) is 16.9. The van der Waals surface area contributed by atoms with E-state index in [1.807, 2.05) is 4.90 Å². The molecule has 0 atom stereocenters. The Balaban J connectivity index is 1.54. The van der Waals surface area contributed by atoms with E-state index in [1.165, 1.54) is 17.7 Å². The van der Waals surface area contributed by atoms with E-state index in [0.717, 1.165) is 0 Å². The van der Waals surface area contributed by atoms with Crippen LogP contribution in [0.2, 0.25) is 5.15 Å². The summed E-state index contributed by atoms with van der Waals surface area (Å²) in [5, 5.41) is 4.19. The van der Waals surface area contributed by atoms with Crippen LogP contribution in [0.4, 0.5) is 10.1 Å². The van der Waals surface area contributed by atoms with Gasteiger partial charge in [0.05, 0.1) is 11.4 Å². The minimum atomic E-state index is -0.704. The van der Waals surface area contributed by atoms with E-state index in [9.17, 15) is 18.8 Å². The molecule has 0 radical (unpaired) electrons. The van der Waals surface area contributed by atoms with Crippen molar-refractivity contribution < 1.29 is 23.5 Å². The van der Waals surface area contributed by atoms with Crippen molar-refractivity contribution in [2.24, 2.45) is 7.05 Å². The zero-order valence-corrected chi connectivity index (χ0v) is 17.7.